The van der Waals surface area contributed by atoms with Crippen LogP contribution < -0.4 is 16.1 Å². The lowest BCUT2D eigenvalue weighted by atomic mass is 9.83. The molecule has 1 aliphatic carbocycles. The van der Waals surface area contributed by atoms with Crippen molar-refractivity contribution in [3.8, 4) is 0 Å². The Labute approximate surface area is 186 Å². The standard InChI is InChI=1S/C19H23F4N5O3S/c1-9-13(16(17(30)24-2)18(25-3)31-9)7-15(29)27-28-26-14(8-32)10-4-11(19(21,22)23)6-12(20)5-10/h6,8,10,12,14,25H,4-5,7H2,1-3H3,(H,24,30)(H,26,27,29). The van der Waals surface area contributed by atoms with Gasteiger partial charge in [0.25, 0.3) is 5.91 Å². The average Bonchev–Trinajstić information content (AvgIpc) is 3.04. The summed E-state index contributed by atoms with van der Waals surface area (Å²) >= 11 is 4.82. The highest BCUT2D eigenvalue weighted by atomic mass is 32.1. The van der Waals surface area contributed by atoms with Gasteiger partial charge >= 0.3 is 6.18 Å². The molecule has 0 fully saturated rings. The predicted molar refractivity (Wildman–Crippen MR) is 112 cm³/mol. The Morgan fingerprint density at radius 1 is 1.38 bits per heavy atom. The van der Waals surface area contributed by atoms with E-state index in [4.69, 9.17) is 16.6 Å². The lowest BCUT2D eigenvalue weighted by Crippen LogP contribution is -2.30. The molecule has 0 saturated heterocycles. The third kappa shape index (κ3) is 6.11. The summed E-state index contributed by atoms with van der Waals surface area (Å²) < 4.78 is 58.2. The highest BCUT2D eigenvalue weighted by Gasteiger charge is 2.40. The molecule has 2 rings (SSSR count). The number of hydrogen-bond donors (Lipinski definition) is 3. The number of furan rings is 1. The smallest absolute Gasteiger partial charge is 0.412 e. The number of rotatable bonds is 8. The van der Waals surface area contributed by atoms with Crippen LogP contribution in [0.3, 0.4) is 0 Å². The Morgan fingerprint density at radius 2 is 2.06 bits per heavy atom. The van der Waals surface area contributed by atoms with E-state index in [-0.39, 0.29) is 24.3 Å². The van der Waals surface area contributed by atoms with E-state index in [2.05, 4.69) is 26.4 Å². The normalized spacial score (nSPS) is 19.9. The zero-order valence-electron chi connectivity index (χ0n) is 17.5. The molecule has 0 spiro atoms. The zero-order chi connectivity index (χ0) is 24.1. The van der Waals surface area contributed by atoms with Crippen molar-refractivity contribution >= 4 is 35.3 Å². The van der Waals surface area contributed by atoms with Gasteiger partial charge in [-0.05, 0) is 31.8 Å². The molecule has 8 nitrogen and oxygen atoms in total. The summed E-state index contributed by atoms with van der Waals surface area (Å²) in [6.07, 6.45) is -6.77. The number of anilines is 1. The largest absolute Gasteiger partial charge is 0.445 e. The lowest BCUT2D eigenvalue weighted by Gasteiger charge is -2.28. The Balaban J connectivity index is 2.07. The van der Waals surface area contributed by atoms with Crippen molar-refractivity contribution in [2.24, 2.45) is 16.3 Å². The number of nitrogens with zero attached hydrogens (tertiary/aromatic N) is 2. The molecule has 3 N–H and O–H groups in total. The molecule has 1 aliphatic rings. The summed E-state index contributed by atoms with van der Waals surface area (Å²) in [5.41, 5.74) is 1.68. The molecule has 0 aromatic carbocycles. The lowest BCUT2D eigenvalue weighted by molar-refractivity contribution is -0.120. The molecular weight excluding hydrogens is 454 g/mol. The molecule has 1 aromatic rings. The quantitative estimate of drug-likeness (QED) is 0.174. The number of halogens is 4. The fraction of sp³-hybridized carbons (Fsp3) is 0.526. The van der Waals surface area contributed by atoms with Crippen LogP contribution in [0.15, 0.2) is 26.4 Å². The molecule has 0 radical (unpaired) electrons. The van der Waals surface area contributed by atoms with Crippen LogP contribution in [-0.2, 0) is 11.2 Å². The SMILES string of the molecule is CNC(=O)c1c(NC)oc(C)c1CC(=O)NN=NC(C=S)C1CC(C(F)(F)F)=CC(F)C1. The van der Waals surface area contributed by atoms with Crippen LogP contribution in [0, 0.1) is 12.8 Å². The Hall–Kier alpha value is -2.83. The van der Waals surface area contributed by atoms with Crippen molar-refractivity contribution in [2.75, 3.05) is 19.4 Å². The minimum Gasteiger partial charge on any atom is -0.445 e. The molecule has 176 valence electrons. The summed E-state index contributed by atoms with van der Waals surface area (Å²) in [7, 11) is 2.99. The van der Waals surface area contributed by atoms with E-state index in [9.17, 15) is 27.2 Å². The van der Waals surface area contributed by atoms with Crippen molar-refractivity contribution in [3.05, 3.63) is 28.5 Å². The van der Waals surface area contributed by atoms with Crippen molar-refractivity contribution < 1.29 is 31.6 Å². The van der Waals surface area contributed by atoms with Gasteiger partial charge < -0.3 is 15.1 Å². The monoisotopic (exact) mass is 477 g/mol. The van der Waals surface area contributed by atoms with Gasteiger partial charge in [-0.1, -0.05) is 17.4 Å². The highest BCUT2D eigenvalue weighted by molar-refractivity contribution is 7.79. The molecule has 13 heteroatoms. The summed E-state index contributed by atoms with van der Waals surface area (Å²) in [5.74, 6) is -1.41. The third-order valence-corrected chi connectivity index (χ3v) is 5.25. The van der Waals surface area contributed by atoms with Crippen LogP contribution >= 0.6 is 12.2 Å². The fourth-order valence-corrected chi connectivity index (χ4v) is 3.67. The average molecular weight is 477 g/mol. The molecule has 3 atom stereocenters. The maximum atomic E-state index is 13.8. The molecule has 0 aliphatic heterocycles. The van der Waals surface area contributed by atoms with Gasteiger partial charge in [0.05, 0.1) is 6.42 Å². The van der Waals surface area contributed by atoms with Gasteiger partial charge in [0, 0.05) is 30.6 Å². The first-order chi connectivity index (χ1) is 15.0. The molecular formula is C19H23F4N5O3S. The van der Waals surface area contributed by atoms with Crippen LogP contribution in [0.5, 0.6) is 0 Å². The highest BCUT2D eigenvalue weighted by Crippen LogP contribution is 2.38. The summed E-state index contributed by atoms with van der Waals surface area (Å²) in [5, 5.41) is 13.6. The Morgan fingerprint density at radius 3 is 2.62 bits per heavy atom. The van der Waals surface area contributed by atoms with E-state index >= 15 is 0 Å². The first kappa shape index (κ1) is 25.4. The number of amides is 2. The Bertz CT molecular complexity index is 929. The molecule has 2 amide bonds. The van der Waals surface area contributed by atoms with Crippen LogP contribution in [0.25, 0.3) is 0 Å². The van der Waals surface area contributed by atoms with Gasteiger partial charge in [0.15, 0.2) is 0 Å². The second kappa shape index (κ2) is 10.7. The van der Waals surface area contributed by atoms with E-state index in [0.29, 0.717) is 17.4 Å². The first-order valence-electron chi connectivity index (χ1n) is 9.59. The van der Waals surface area contributed by atoms with E-state index in [0.717, 1.165) is 5.37 Å². The number of aryl methyl sites for hydroxylation is 1. The zero-order valence-corrected chi connectivity index (χ0v) is 18.4. The van der Waals surface area contributed by atoms with Crippen LogP contribution in [0.1, 0.15) is 34.5 Å². The van der Waals surface area contributed by atoms with Crippen LogP contribution in [0.2, 0.25) is 0 Å². The van der Waals surface area contributed by atoms with Crippen LogP contribution in [-0.4, -0.2) is 49.7 Å². The first-order valence-corrected chi connectivity index (χ1v) is 10.1. The van der Waals surface area contributed by atoms with E-state index in [1.165, 1.54) is 7.05 Å². The number of carbonyl (C=O) groups excluding carboxylic acids is 2. The van der Waals surface area contributed by atoms with Gasteiger partial charge in [0.2, 0.25) is 11.8 Å². The van der Waals surface area contributed by atoms with E-state index in [1.807, 2.05) is 0 Å². The Kier molecular flexibility index (Phi) is 8.47. The van der Waals surface area contributed by atoms with Gasteiger partial charge in [-0.2, -0.15) is 18.3 Å². The van der Waals surface area contributed by atoms with Crippen molar-refractivity contribution in [1.29, 1.82) is 0 Å². The third-order valence-electron chi connectivity index (χ3n) is 4.97. The number of hydrogen-bond acceptors (Lipinski definition) is 7. The van der Waals surface area contributed by atoms with Crippen molar-refractivity contribution in [3.63, 3.8) is 0 Å². The minimum absolute atomic E-state index is 0.166. The number of allylic oxidation sites excluding steroid dienone is 2. The second-order valence-electron chi connectivity index (χ2n) is 7.13. The maximum Gasteiger partial charge on any atom is 0.412 e. The van der Waals surface area contributed by atoms with Crippen molar-refractivity contribution in [1.82, 2.24) is 10.7 Å². The summed E-state index contributed by atoms with van der Waals surface area (Å²) in [6.45, 7) is 1.59. The van der Waals surface area contributed by atoms with E-state index < -0.39 is 48.1 Å². The van der Waals surface area contributed by atoms with Crippen LogP contribution in [0.4, 0.5) is 23.4 Å². The summed E-state index contributed by atoms with van der Waals surface area (Å²) in [4.78, 5) is 24.4. The fourth-order valence-electron chi connectivity index (χ4n) is 3.40. The molecule has 3 unspecified atom stereocenters. The number of thiocarbonyl (C=S) groups is 1. The molecule has 0 bridgehead atoms. The maximum absolute atomic E-state index is 13.8. The number of alkyl halides is 4. The van der Waals surface area contributed by atoms with E-state index in [1.54, 1.807) is 14.0 Å². The molecule has 1 aromatic heterocycles. The van der Waals surface area contributed by atoms with Gasteiger partial charge in [-0.15, -0.1) is 0 Å². The molecule has 1 heterocycles. The van der Waals surface area contributed by atoms with Gasteiger partial charge in [-0.25, -0.2) is 9.82 Å². The van der Waals surface area contributed by atoms with Crippen molar-refractivity contribution in [2.45, 2.75) is 44.6 Å². The molecule has 32 heavy (non-hydrogen) atoms. The minimum atomic E-state index is -4.64. The van der Waals surface area contributed by atoms with Gasteiger partial charge in [0.1, 0.15) is 23.5 Å². The van der Waals surface area contributed by atoms with Gasteiger partial charge in [-0.3, -0.25) is 9.59 Å². The number of nitrogens with one attached hydrogen (secondary N) is 3. The second-order valence-corrected chi connectivity index (χ2v) is 7.40. The molecule has 0 saturated carbocycles. The topological polar surface area (TPSA) is 108 Å². The number of carbonyl (C=O) groups is 2. The summed E-state index contributed by atoms with van der Waals surface area (Å²) in [6, 6.07) is -0.998. The predicted octanol–water partition coefficient (Wildman–Crippen LogP) is 3.62.